The van der Waals surface area contributed by atoms with Gasteiger partial charge in [0.1, 0.15) is 0 Å². The van der Waals surface area contributed by atoms with Crippen molar-refractivity contribution in [3.8, 4) is 6.07 Å². The third kappa shape index (κ3) is 1.41. The van der Waals surface area contributed by atoms with Crippen molar-refractivity contribution >= 4 is 5.91 Å². The SMILES string of the molecule is CC1(C)C(=O)NCCN1CC#N. The van der Waals surface area contributed by atoms with E-state index in [0.717, 1.165) is 6.54 Å². The molecular weight excluding hydrogens is 154 g/mol. The van der Waals surface area contributed by atoms with Crippen molar-refractivity contribution in [1.29, 1.82) is 5.26 Å². The molecule has 0 aromatic rings. The summed E-state index contributed by atoms with van der Waals surface area (Å²) in [6.07, 6.45) is 0. The van der Waals surface area contributed by atoms with Gasteiger partial charge < -0.3 is 5.32 Å². The van der Waals surface area contributed by atoms with Crippen LogP contribution in [0.15, 0.2) is 0 Å². The number of hydrogen-bond acceptors (Lipinski definition) is 3. The molecule has 0 aromatic heterocycles. The Morgan fingerprint density at radius 2 is 2.42 bits per heavy atom. The largest absolute Gasteiger partial charge is 0.353 e. The predicted molar refractivity (Wildman–Crippen MR) is 44.3 cm³/mol. The number of nitrogens with one attached hydrogen (secondary N) is 1. The van der Waals surface area contributed by atoms with Gasteiger partial charge in [0.2, 0.25) is 5.91 Å². The maximum Gasteiger partial charge on any atom is 0.240 e. The van der Waals surface area contributed by atoms with Crippen molar-refractivity contribution < 1.29 is 4.79 Å². The van der Waals surface area contributed by atoms with Crippen LogP contribution in [0.1, 0.15) is 13.8 Å². The number of carbonyl (C=O) groups is 1. The second-order valence-electron chi connectivity index (χ2n) is 3.39. The average Bonchev–Trinajstić information content (AvgIpc) is 2.00. The van der Waals surface area contributed by atoms with Crippen LogP contribution in [0.25, 0.3) is 0 Å². The van der Waals surface area contributed by atoms with Gasteiger partial charge in [0, 0.05) is 13.1 Å². The number of carbonyl (C=O) groups excluding carboxylic acids is 1. The Balaban J connectivity index is 2.73. The Kier molecular flexibility index (Phi) is 2.34. The number of nitrogens with zero attached hydrogens (tertiary/aromatic N) is 2. The molecule has 1 heterocycles. The van der Waals surface area contributed by atoms with Crippen molar-refractivity contribution in [2.45, 2.75) is 19.4 Å². The molecule has 1 saturated heterocycles. The molecule has 1 N–H and O–H groups in total. The van der Waals surface area contributed by atoms with Gasteiger partial charge in [-0.25, -0.2) is 0 Å². The van der Waals surface area contributed by atoms with Crippen molar-refractivity contribution in [3.63, 3.8) is 0 Å². The lowest BCUT2D eigenvalue weighted by molar-refractivity contribution is -0.134. The molecule has 0 aliphatic carbocycles. The van der Waals surface area contributed by atoms with E-state index in [1.54, 1.807) is 0 Å². The highest BCUT2D eigenvalue weighted by Gasteiger charge is 2.36. The van der Waals surface area contributed by atoms with Crippen LogP contribution < -0.4 is 5.32 Å². The van der Waals surface area contributed by atoms with E-state index in [4.69, 9.17) is 5.26 Å². The van der Waals surface area contributed by atoms with E-state index in [2.05, 4.69) is 11.4 Å². The molecule has 0 unspecified atom stereocenters. The zero-order chi connectivity index (χ0) is 9.19. The minimum Gasteiger partial charge on any atom is -0.353 e. The molecule has 0 radical (unpaired) electrons. The first kappa shape index (κ1) is 9.01. The minimum absolute atomic E-state index is 0.00370. The molecule has 1 aliphatic rings. The number of amides is 1. The van der Waals surface area contributed by atoms with Crippen LogP contribution in [0.4, 0.5) is 0 Å². The zero-order valence-corrected chi connectivity index (χ0v) is 7.42. The summed E-state index contributed by atoms with van der Waals surface area (Å²) >= 11 is 0. The molecule has 0 bridgehead atoms. The van der Waals surface area contributed by atoms with Gasteiger partial charge in [0.15, 0.2) is 0 Å². The summed E-state index contributed by atoms with van der Waals surface area (Å²) in [5.41, 5.74) is -0.534. The van der Waals surface area contributed by atoms with E-state index in [1.807, 2.05) is 18.7 Å². The summed E-state index contributed by atoms with van der Waals surface area (Å²) in [6, 6.07) is 2.06. The van der Waals surface area contributed by atoms with E-state index >= 15 is 0 Å². The van der Waals surface area contributed by atoms with Crippen molar-refractivity contribution in [2.24, 2.45) is 0 Å². The molecule has 0 spiro atoms. The fraction of sp³-hybridized carbons (Fsp3) is 0.750. The van der Waals surface area contributed by atoms with E-state index in [1.165, 1.54) is 0 Å². The molecule has 1 fully saturated rings. The van der Waals surface area contributed by atoms with Crippen molar-refractivity contribution in [3.05, 3.63) is 0 Å². The van der Waals surface area contributed by atoms with Gasteiger partial charge in [-0.3, -0.25) is 9.69 Å². The second-order valence-corrected chi connectivity index (χ2v) is 3.39. The normalized spacial score (nSPS) is 22.9. The summed E-state index contributed by atoms with van der Waals surface area (Å²) in [5, 5.41) is 11.3. The summed E-state index contributed by atoms with van der Waals surface area (Å²) in [4.78, 5) is 13.2. The van der Waals surface area contributed by atoms with Gasteiger partial charge in [-0.15, -0.1) is 0 Å². The smallest absolute Gasteiger partial charge is 0.240 e. The van der Waals surface area contributed by atoms with Crippen LogP contribution in [0.2, 0.25) is 0 Å². The maximum atomic E-state index is 11.3. The first-order valence-corrected chi connectivity index (χ1v) is 3.99. The van der Waals surface area contributed by atoms with Gasteiger partial charge in [0.05, 0.1) is 18.2 Å². The lowest BCUT2D eigenvalue weighted by atomic mass is 9.99. The summed E-state index contributed by atoms with van der Waals surface area (Å²) < 4.78 is 0. The Bertz CT molecular complexity index is 229. The van der Waals surface area contributed by atoms with Crippen molar-refractivity contribution in [1.82, 2.24) is 10.2 Å². The lowest BCUT2D eigenvalue weighted by Crippen LogP contribution is -2.61. The highest BCUT2D eigenvalue weighted by Crippen LogP contribution is 2.16. The van der Waals surface area contributed by atoms with Crippen LogP contribution in [-0.4, -0.2) is 36.0 Å². The Morgan fingerprint density at radius 1 is 1.75 bits per heavy atom. The topological polar surface area (TPSA) is 56.1 Å². The molecule has 4 heteroatoms. The first-order valence-electron chi connectivity index (χ1n) is 3.99. The van der Waals surface area contributed by atoms with Crippen LogP contribution in [0.3, 0.4) is 0 Å². The molecule has 4 nitrogen and oxygen atoms in total. The maximum absolute atomic E-state index is 11.3. The molecule has 1 rings (SSSR count). The number of nitriles is 1. The number of rotatable bonds is 1. The number of hydrogen-bond donors (Lipinski definition) is 1. The molecule has 12 heavy (non-hydrogen) atoms. The fourth-order valence-electron chi connectivity index (χ4n) is 1.31. The van der Waals surface area contributed by atoms with Gasteiger partial charge in [-0.2, -0.15) is 5.26 Å². The van der Waals surface area contributed by atoms with E-state index in [0.29, 0.717) is 13.1 Å². The van der Waals surface area contributed by atoms with Crippen LogP contribution in [0, 0.1) is 11.3 Å². The summed E-state index contributed by atoms with van der Waals surface area (Å²) in [6.45, 7) is 5.38. The molecular formula is C8H13N3O. The van der Waals surface area contributed by atoms with E-state index in [9.17, 15) is 4.79 Å². The highest BCUT2D eigenvalue weighted by molar-refractivity contribution is 5.86. The quantitative estimate of drug-likeness (QED) is 0.546. The molecule has 1 aliphatic heterocycles. The Hall–Kier alpha value is -1.08. The number of piperazine rings is 1. The third-order valence-corrected chi connectivity index (χ3v) is 2.28. The fourth-order valence-corrected chi connectivity index (χ4v) is 1.31. The molecule has 0 saturated carbocycles. The van der Waals surface area contributed by atoms with Gasteiger partial charge >= 0.3 is 0 Å². The standard InChI is InChI=1S/C8H13N3O/c1-8(2)7(12)10-4-6-11(8)5-3-9/h4-6H2,1-2H3,(H,10,12). The lowest BCUT2D eigenvalue weighted by Gasteiger charge is -2.39. The molecule has 66 valence electrons. The van der Waals surface area contributed by atoms with Crippen LogP contribution >= 0.6 is 0 Å². The van der Waals surface area contributed by atoms with Gasteiger partial charge in [-0.05, 0) is 13.8 Å². The molecule has 1 amide bonds. The van der Waals surface area contributed by atoms with Gasteiger partial charge in [0.25, 0.3) is 0 Å². The second kappa shape index (κ2) is 3.11. The summed E-state index contributed by atoms with van der Waals surface area (Å²) in [5.74, 6) is 0.00370. The van der Waals surface area contributed by atoms with E-state index < -0.39 is 5.54 Å². The van der Waals surface area contributed by atoms with Crippen molar-refractivity contribution in [2.75, 3.05) is 19.6 Å². The Labute approximate surface area is 72.2 Å². The minimum atomic E-state index is -0.534. The summed E-state index contributed by atoms with van der Waals surface area (Å²) in [7, 11) is 0. The zero-order valence-electron chi connectivity index (χ0n) is 7.42. The monoisotopic (exact) mass is 167 g/mol. The van der Waals surface area contributed by atoms with E-state index in [-0.39, 0.29) is 5.91 Å². The molecule has 0 atom stereocenters. The third-order valence-electron chi connectivity index (χ3n) is 2.28. The van der Waals surface area contributed by atoms with Crippen LogP contribution in [-0.2, 0) is 4.79 Å². The molecule has 0 aromatic carbocycles. The van der Waals surface area contributed by atoms with Gasteiger partial charge in [-0.1, -0.05) is 0 Å². The highest BCUT2D eigenvalue weighted by atomic mass is 16.2. The first-order chi connectivity index (χ1) is 5.59. The van der Waals surface area contributed by atoms with Crippen LogP contribution in [0.5, 0.6) is 0 Å². The average molecular weight is 167 g/mol. The Morgan fingerprint density at radius 3 is 3.00 bits per heavy atom. The predicted octanol–water partition coefficient (Wildman–Crippen LogP) is -0.280.